The monoisotopic (exact) mass is 291 g/mol. The van der Waals surface area contributed by atoms with E-state index in [2.05, 4.69) is 17.4 Å². The number of hydrogen-bond donors (Lipinski definition) is 2. The predicted octanol–water partition coefficient (Wildman–Crippen LogP) is 0.653. The fourth-order valence-electron chi connectivity index (χ4n) is 2.98. The van der Waals surface area contributed by atoms with Gasteiger partial charge in [-0.25, -0.2) is 0 Å². The molecule has 1 aromatic carbocycles. The zero-order valence-corrected chi connectivity index (χ0v) is 11.9. The minimum atomic E-state index is -0.574. The summed E-state index contributed by atoms with van der Waals surface area (Å²) < 4.78 is 11.0. The second-order valence-corrected chi connectivity index (χ2v) is 5.68. The third-order valence-corrected chi connectivity index (χ3v) is 4.09. The standard InChI is InChI=1S/C16H21NO4/c18-13-10-21-15-12(9-20-16(13)15)17-14(19)8-4-7-11-5-2-1-3-6-11/h1-3,5-6,12-13,15-16,18H,4,7-10H2,(H,17,19)/t12-,13-,15-,16-/m1/s1. The highest BCUT2D eigenvalue weighted by molar-refractivity contribution is 5.76. The molecule has 2 saturated heterocycles. The van der Waals surface area contributed by atoms with Gasteiger partial charge in [0, 0.05) is 6.42 Å². The molecule has 2 aliphatic heterocycles. The first-order valence-corrected chi connectivity index (χ1v) is 7.48. The molecule has 1 aromatic rings. The quantitative estimate of drug-likeness (QED) is 0.836. The number of carbonyl (C=O) groups is 1. The van der Waals surface area contributed by atoms with Gasteiger partial charge in [0.1, 0.15) is 18.3 Å². The number of amides is 1. The maximum Gasteiger partial charge on any atom is 0.220 e. The number of benzene rings is 1. The summed E-state index contributed by atoms with van der Waals surface area (Å²) in [5, 5.41) is 12.6. The molecule has 2 aliphatic rings. The number of ether oxygens (including phenoxy) is 2. The van der Waals surface area contributed by atoms with E-state index < -0.39 is 6.10 Å². The van der Waals surface area contributed by atoms with E-state index in [4.69, 9.17) is 9.47 Å². The Morgan fingerprint density at radius 3 is 2.76 bits per heavy atom. The van der Waals surface area contributed by atoms with Gasteiger partial charge in [-0.2, -0.15) is 0 Å². The summed E-state index contributed by atoms with van der Waals surface area (Å²) in [4.78, 5) is 12.0. The lowest BCUT2D eigenvalue weighted by molar-refractivity contribution is -0.122. The Bertz CT molecular complexity index is 478. The molecule has 0 saturated carbocycles. The Hall–Kier alpha value is -1.43. The lowest BCUT2D eigenvalue weighted by Gasteiger charge is -2.17. The van der Waals surface area contributed by atoms with E-state index in [-0.39, 0.29) is 30.8 Å². The van der Waals surface area contributed by atoms with Crippen molar-refractivity contribution in [3.05, 3.63) is 35.9 Å². The SMILES string of the molecule is O=C(CCCc1ccccc1)N[C@@H]1CO[C@H]2[C@@H]1OC[C@H]2O. The van der Waals surface area contributed by atoms with Gasteiger partial charge in [0.25, 0.3) is 0 Å². The molecule has 5 heteroatoms. The number of rotatable bonds is 5. The fraction of sp³-hybridized carbons (Fsp3) is 0.562. The predicted molar refractivity (Wildman–Crippen MR) is 76.8 cm³/mol. The molecule has 0 radical (unpaired) electrons. The minimum Gasteiger partial charge on any atom is -0.388 e. The lowest BCUT2D eigenvalue weighted by atomic mass is 10.1. The molecule has 2 heterocycles. The zero-order chi connectivity index (χ0) is 14.7. The van der Waals surface area contributed by atoms with Gasteiger partial charge in [-0.3, -0.25) is 4.79 Å². The van der Waals surface area contributed by atoms with Crippen molar-refractivity contribution in [1.29, 1.82) is 0 Å². The van der Waals surface area contributed by atoms with Crippen molar-refractivity contribution < 1.29 is 19.4 Å². The Morgan fingerprint density at radius 1 is 1.19 bits per heavy atom. The van der Waals surface area contributed by atoms with Gasteiger partial charge in [0.2, 0.25) is 5.91 Å². The van der Waals surface area contributed by atoms with Crippen molar-refractivity contribution in [3.8, 4) is 0 Å². The topological polar surface area (TPSA) is 67.8 Å². The number of aryl methyl sites for hydroxylation is 1. The molecule has 0 spiro atoms. The molecular weight excluding hydrogens is 270 g/mol. The second-order valence-electron chi connectivity index (χ2n) is 5.68. The summed E-state index contributed by atoms with van der Waals surface area (Å²) in [5.41, 5.74) is 1.25. The molecule has 5 nitrogen and oxygen atoms in total. The summed E-state index contributed by atoms with van der Waals surface area (Å²) in [7, 11) is 0. The number of nitrogens with one attached hydrogen (secondary N) is 1. The molecule has 0 aliphatic carbocycles. The van der Waals surface area contributed by atoms with Gasteiger partial charge in [-0.15, -0.1) is 0 Å². The molecule has 21 heavy (non-hydrogen) atoms. The molecule has 3 rings (SSSR count). The Balaban J connectivity index is 1.41. The number of fused-ring (bicyclic) bond motifs is 1. The maximum atomic E-state index is 12.0. The zero-order valence-electron chi connectivity index (χ0n) is 11.9. The van der Waals surface area contributed by atoms with Gasteiger partial charge in [-0.1, -0.05) is 30.3 Å². The third-order valence-electron chi connectivity index (χ3n) is 4.09. The second kappa shape index (κ2) is 6.56. The lowest BCUT2D eigenvalue weighted by Crippen LogP contribution is -2.44. The van der Waals surface area contributed by atoms with Crippen LogP contribution >= 0.6 is 0 Å². The van der Waals surface area contributed by atoms with Crippen molar-refractivity contribution in [2.45, 2.75) is 43.6 Å². The van der Waals surface area contributed by atoms with Crippen LogP contribution in [0.4, 0.5) is 0 Å². The molecule has 114 valence electrons. The van der Waals surface area contributed by atoms with Crippen LogP contribution in [0.2, 0.25) is 0 Å². The van der Waals surface area contributed by atoms with Gasteiger partial charge in [-0.05, 0) is 18.4 Å². The summed E-state index contributed by atoms with van der Waals surface area (Å²) in [6.45, 7) is 0.701. The Labute approximate surface area is 124 Å². The first-order chi connectivity index (χ1) is 10.2. The van der Waals surface area contributed by atoms with Crippen LogP contribution in [0.1, 0.15) is 18.4 Å². The number of carbonyl (C=O) groups excluding carboxylic acids is 1. The van der Waals surface area contributed by atoms with Gasteiger partial charge in [0.05, 0.1) is 19.3 Å². The summed E-state index contributed by atoms with van der Waals surface area (Å²) in [6.07, 6.45) is 1.14. The first-order valence-electron chi connectivity index (χ1n) is 7.48. The smallest absolute Gasteiger partial charge is 0.220 e. The van der Waals surface area contributed by atoms with Crippen molar-refractivity contribution >= 4 is 5.91 Å². The summed E-state index contributed by atoms with van der Waals surface area (Å²) in [5.74, 6) is 0.0187. The molecule has 2 fully saturated rings. The largest absolute Gasteiger partial charge is 0.388 e. The average molecular weight is 291 g/mol. The molecule has 0 bridgehead atoms. The van der Waals surface area contributed by atoms with Crippen LogP contribution in [0.5, 0.6) is 0 Å². The minimum absolute atomic E-state index is 0.0187. The van der Waals surface area contributed by atoms with E-state index in [1.54, 1.807) is 0 Å². The van der Waals surface area contributed by atoms with Crippen molar-refractivity contribution in [2.24, 2.45) is 0 Å². The van der Waals surface area contributed by atoms with E-state index in [9.17, 15) is 9.90 Å². The van der Waals surface area contributed by atoms with E-state index in [0.717, 1.165) is 12.8 Å². The summed E-state index contributed by atoms with van der Waals surface area (Å²) >= 11 is 0. The van der Waals surface area contributed by atoms with Crippen LogP contribution in [0.25, 0.3) is 0 Å². The Kier molecular flexibility index (Phi) is 4.53. The van der Waals surface area contributed by atoms with Crippen LogP contribution in [-0.4, -0.2) is 48.6 Å². The first kappa shape index (κ1) is 14.5. The van der Waals surface area contributed by atoms with Gasteiger partial charge in [0.15, 0.2) is 0 Å². The highest BCUT2D eigenvalue weighted by Crippen LogP contribution is 2.26. The van der Waals surface area contributed by atoms with Crippen LogP contribution in [0, 0.1) is 0 Å². The van der Waals surface area contributed by atoms with E-state index >= 15 is 0 Å². The van der Waals surface area contributed by atoms with Gasteiger partial charge < -0.3 is 19.9 Å². The van der Waals surface area contributed by atoms with Crippen LogP contribution in [-0.2, 0) is 20.7 Å². The van der Waals surface area contributed by atoms with E-state index in [1.807, 2.05) is 18.2 Å². The van der Waals surface area contributed by atoms with E-state index in [0.29, 0.717) is 13.0 Å². The number of hydrogen-bond acceptors (Lipinski definition) is 4. The summed E-state index contributed by atoms with van der Waals surface area (Å²) in [6, 6.07) is 10.0. The molecule has 4 atom stereocenters. The van der Waals surface area contributed by atoms with Crippen molar-refractivity contribution in [3.63, 3.8) is 0 Å². The highest BCUT2D eigenvalue weighted by Gasteiger charge is 2.47. The van der Waals surface area contributed by atoms with Crippen LogP contribution in [0.3, 0.4) is 0 Å². The van der Waals surface area contributed by atoms with Crippen molar-refractivity contribution in [2.75, 3.05) is 13.2 Å². The highest BCUT2D eigenvalue weighted by atomic mass is 16.6. The van der Waals surface area contributed by atoms with E-state index in [1.165, 1.54) is 5.56 Å². The maximum absolute atomic E-state index is 12.0. The van der Waals surface area contributed by atoms with Crippen molar-refractivity contribution in [1.82, 2.24) is 5.32 Å². The fourth-order valence-corrected chi connectivity index (χ4v) is 2.98. The Morgan fingerprint density at radius 2 is 1.95 bits per heavy atom. The molecular formula is C16H21NO4. The average Bonchev–Trinajstić information content (AvgIpc) is 3.05. The number of aliphatic hydroxyl groups excluding tert-OH is 1. The molecule has 1 amide bonds. The van der Waals surface area contributed by atoms with Crippen LogP contribution in [0.15, 0.2) is 30.3 Å². The molecule has 0 unspecified atom stereocenters. The van der Waals surface area contributed by atoms with Gasteiger partial charge >= 0.3 is 0 Å². The third kappa shape index (κ3) is 3.43. The molecule has 2 N–H and O–H groups in total. The number of aliphatic hydroxyl groups is 1. The molecule has 0 aromatic heterocycles. The normalized spacial score (nSPS) is 31.1. The van der Waals surface area contributed by atoms with Crippen LogP contribution < -0.4 is 5.32 Å².